The van der Waals surface area contributed by atoms with Crippen LogP contribution in [0.2, 0.25) is 0 Å². The van der Waals surface area contributed by atoms with E-state index in [1.165, 1.54) is 0 Å². The third-order valence-corrected chi connectivity index (χ3v) is 3.96. The second-order valence-electron chi connectivity index (χ2n) is 5.60. The normalized spacial score (nSPS) is 19.3. The molecule has 2 unspecified atom stereocenters. The van der Waals surface area contributed by atoms with E-state index in [0.29, 0.717) is 25.3 Å². The summed E-state index contributed by atoms with van der Waals surface area (Å²) in [5, 5.41) is 6.63. The van der Waals surface area contributed by atoms with Crippen LogP contribution in [-0.4, -0.2) is 37.1 Å². The smallest absolute Gasteiger partial charge is 0.228 e. The molecule has 0 bridgehead atoms. The van der Waals surface area contributed by atoms with Crippen LogP contribution in [0.25, 0.3) is 10.9 Å². The van der Waals surface area contributed by atoms with E-state index < -0.39 is 0 Å². The van der Waals surface area contributed by atoms with Crippen LogP contribution >= 0.6 is 0 Å². The lowest BCUT2D eigenvalue weighted by Gasteiger charge is -2.08. The van der Waals surface area contributed by atoms with Crippen molar-refractivity contribution in [3.63, 3.8) is 0 Å². The molecule has 2 amide bonds. The quantitative estimate of drug-likeness (QED) is 0.793. The minimum Gasteiger partial charge on any atom is -0.383 e. The molecule has 6 nitrogen and oxygen atoms in total. The Morgan fingerprint density at radius 1 is 1.22 bits per heavy atom. The Morgan fingerprint density at radius 3 is 2.83 bits per heavy atom. The fourth-order valence-corrected chi connectivity index (χ4v) is 2.61. The highest BCUT2D eigenvalue weighted by atomic mass is 16.5. The Labute approximate surface area is 134 Å². The molecule has 120 valence electrons. The molecule has 6 heteroatoms. The zero-order chi connectivity index (χ0) is 16.2. The number of carbonyl (C=O) groups excluding carboxylic acids is 2. The first-order chi connectivity index (χ1) is 11.2. The molecule has 2 N–H and O–H groups in total. The first-order valence-corrected chi connectivity index (χ1v) is 7.62. The summed E-state index contributed by atoms with van der Waals surface area (Å²) < 4.78 is 4.89. The van der Waals surface area contributed by atoms with Crippen molar-refractivity contribution in [3.05, 3.63) is 36.5 Å². The van der Waals surface area contributed by atoms with Crippen LogP contribution < -0.4 is 10.6 Å². The van der Waals surface area contributed by atoms with Gasteiger partial charge < -0.3 is 15.4 Å². The number of rotatable bonds is 6. The molecule has 2 atom stereocenters. The van der Waals surface area contributed by atoms with Crippen molar-refractivity contribution < 1.29 is 14.3 Å². The van der Waals surface area contributed by atoms with E-state index in [1.807, 2.05) is 30.3 Å². The summed E-state index contributed by atoms with van der Waals surface area (Å²) in [6, 6.07) is 9.45. The summed E-state index contributed by atoms with van der Waals surface area (Å²) in [5.41, 5.74) is 1.43. The number of nitrogens with zero attached hydrogens (tertiary/aromatic N) is 1. The van der Waals surface area contributed by atoms with E-state index in [9.17, 15) is 9.59 Å². The van der Waals surface area contributed by atoms with Crippen molar-refractivity contribution in [2.24, 2.45) is 11.8 Å². The zero-order valence-corrected chi connectivity index (χ0v) is 12.9. The highest BCUT2D eigenvalue weighted by molar-refractivity contribution is 6.04. The lowest BCUT2D eigenvalue weighted by Crippen LogP contribution is -2.30. The first-order valence-electron chi connectivity index (χ1n) is 7.62. The number of carbonyl (C=O) groups is 2. The van der Waals surface area contributed by atoms with Gasteiger partial charge in [0.15, 0.2) is 0 Å². The molecule has 1 aromatic heterocycles. The van der Waals surface area contributed by atoms with Gasteiger partial charge in [-0.15, -0.1) is 0 Å². The van der Waals surface area contributed by atoms with E-state index in [2.05, 4.69) is 15.6 Å². The van der Waals surface area contributed by atoms with E-state index in [4.69, 9.17) is 4.74 Å². The number of anilines is 1. The second kappa shape index (κ2) is 6.75. The minimum atomic E-state index is -0.267. The number of pyridine rings is 1. The fraction of sp³-hybridized carbons (Fsp3) is 0.353. The van der Waals surface area contributed by atoms with Gasteiger partial charge in [0.25, 0.3) is 0 Å². The van der Waals surface area contributed by atoms with Gasteiger partial charge in [0.2, 0.25) is 11.8 Å². The van der Waals surface area contributed by atoms with Crippen molar-refractivity contribution in [2.75, 3.05) is 25.6 Å². The molecule has 1 aromatic carbocycles. The predicted octanol–water partition coefficient (Wildman–Crippen LogP) is 1.57. The number of para-hydroxylation sites is 1. The molecule has 0 saturated heterocycles. The van der Waals surface area contributed by atoms with Crippen LogP contribution in [0.4, 0.5) is 5.69 Å². The van der Waals surface area contributed by atoms with E-state index in [1.54, 1.807) is 13.3 Å². The van der Waals surface area contributed by atoms with Crippen LogP contribution in [0.1, 0.15) is 6.42 Å². The Bertz CT molecular complexity index is 727. The Kier molecular flexibility index (Phi) is 4.52. The average molecular weight is 313 g/mol. The van der Waals surface area contributed by atoms with Crippen molar-refractivity contribution in [1.29, 1.82) is 0 Å². The summed E-state index contributed by atoms with van der Waals surface area (Å²) in [5.74, 6) is -0.723. The van der Waals surface area contributed by atoms with Gasteiger partial charge in [-0.3, -0.25) is 14.6 Å². The molecule has 1 heterocycles. The maximum atomic E-state index is 12.3. The molecule has 23 heavy (non-hydrogen) atoms. The van der Waals surface area contributed by atoms with Crippen molar-refractivity contribution in [1.82, 2.24) is 10.3 Å². The first kappa shape index (κ1) is 15.4. The molecule has 0 aliphatic heterocycles. The third-order valence-electron chi connectivity index (χ3n) is 3.96. The topological polar surface area (TPSA) is 80.3 Å². The zero-order valence-electron chi connectivity index (χ0n) is 12.9. The minimum absolute atomic E-state index is 0.0850. The number of methoxy groups -OCH3 is 1. The molecule has 0 radical (unpaired) electrons. The maximum absolute atomic E-state index is 12.3. The molecule has 3 rings (SSSR count). The molecule has 2 aromatic rings. The standard InChI is InChI=1S/C17H19N3O3/c1-23-9-8-19-16(21)12-10-13(12)17(22)20-14-6-2-4-11-5-3-7-18-15(11)14/h2-7,12-13H,8-10H2,1H3,(H,19,21)(H,20,22). The molecule has 0 spiro atoms. The molecule has 1 fully saturated rings. The second-order valence-corrected chi connectivity index (χ2v) is 5.60. The van der Waals surface area contributed by atoms with E-state index in [0.717, 1.165) is 10.9 Å². The Morgan fingerprint density at radius 2 is 2.00 bits per heavy atom. The molecule has 1 saturated carbocycles. The summed E-state index contributed by atoms with van der Waals surface area (Å²) in [7, 11) is 1.58. The number of aromatic nitrogens is 1. The van der Waals surface area contributed by atoms with Crippen LogP contribution in [0.3, 0.4) is 0 Å². The summed E-state index contributed by atoms with van der Waals surface area (Å²) in [6.45, 7) is 0.935. The van der Waals surface area contributed by atoms with Gasteiger partial charge in [0.05, 0.1) is 29.6 Å². The van der Waals surface area contributed by atoms with Gasteiger partial charge in [-0.1, -0.05) is 18.2 Å². The summed E-state index contributed by atoms with van der Waals surface area (Å²) in [6.07, 6.45) is 2.28. The number of fused-ring (bicyclic) bond motifs is 1. The lowest BCUT2D eigenvalue weighted by molar-refractivity contribution is -0.125. The Balaban J connectivity index is 1.61. The van der Waals surface area contributed by atoms with E-state index in [-0.39, 0.29) is 23.7 Å². The SMILES string of the molecule is COCCNC(=O)C1CC1C(=O)Nc1cccc2cccnc12. The average Bonchev–Trinajstić information content (AvgIpc) is 3.36. The third kappa shape index (κ3) is 3.48. The van der Waals surface area contributed by atoms with E-state index >= 15 is 0 Å². The van der Waals surface area contributed by atoms with Crippen molar-refractivity contribution in [2.45, 2.75) is 6.42 Å². The highest BCUT2D eigenvalue weighted by Gasteiger charge is 2.47. The highest BCUT2D eigenvalue weighted by Crippen LogP contribution is 2.39. The number of nitrogens with one attached hydrogen (secondary N) is 2. The van der Waals surface area contributed by atoms with Crippen LogP contribution in [-0.2, 0) is 14.3 Å². The predicted molar refractivity (Wildman–Crippen MR) is 86.9 cm³/mol. The van der Waals surface area contributed by atoms with Crippen LogP contribution in [0.5, 0.6) is 0 Å². The van der Waals surface area contributed by atoms with Gasteiger partial charge in [-0.05, 0) is 18.6 Å². The van der Waals surface area contributed by atoms with Gasteiger partial charge in [0, 0.05) is 25.2 Å². The molecular weight excluding hydrogens is 294 g/mol. The largest absolute Gasteiger partial charge is 0.383 e. The number of benzene rings is 1. The monoisotopic (exact) mass is 313 g/mol. The molecule has 1 aliphatic rings. The summed E-state index contributed by atoms with van der Waals surface area (Å²) in [4.78, 5) is 28.5. The van der Waals surface area contributed by atoms with Gasteiger partial charge in [0.1, 0.15) is 0 Å². The lowest BCUT2D eigenvalue weighted by atomic mass is 10.2. The molecule has 1 aliphatic carbocycles. The van der Waals surface area contributed by atoms with Gasteiger partial charge in [-0.2, -0.15) is 0 Å². The number of amides is 2. The Hall–Kier alpha value is -2.47. The number of hydrogen-bond acceptors (Lipinski definition) is 4. The van der Waals surface area contributed by atoms with Crippen LogP contribution in [0.15, 0.2) is 36.5 Å². The fourth-order valence-electron chi connectivity index (χ4n) is 2.61. The number of hydrogen-bond donors (Lipinski definition) is 2. The van der Waals surface area contributed by atoms with Crippen molar-refractivity contribution in [3.8, 4) is 0 Å². The maximum Gasteiger partial charge on any atom is 0.228 e. The van der Waals surface area contributed by atoms with Crippen LogP contribution in [0, 0.1) is 11.8 Å². The van der Waals surface area contributed by atoms with Gasteiger partial charge >= 0.3 is 0 Å². The number of ether oxygens (including phenoxy) is 1. The molecular formula is C17H19N3O3. The van der Waals surface area contributed by atoms with Gasteiger partial charge in [-0.25, -0.2) is 0 Å². The van der Waals surface area contributed by atoms with Crippen molar-refractivity contribution >= 4 is 28.4 Å². The summed E-state index contributed by atoms with van der Waals surface area (Å²) >= 11 is 0.